The maximum Gasteiger partial charge on any atom is 0.246 e. The van der Waals surface area contributed by atoms with Gasteiger partial charge in [-0.1, -0.05) is 97.1 Å². The predicted octanol–water partition coefficient (Wildman–Crippen LogP) is 4.72. The Morgan fingerprint density at radius 1 is 0.783 bits per heavy atom. The Hall–Kier alpha value is -5.34. The fourth-order valence-corrected chi connectivity index (χ4v) is 6.02. The summed E-state index contributed by atoms with van der Waals surface area (Å²) >= 11 is 0. The van der Waals surface area contributed by atoms with E-state index in [1.54, 1.807) is 22.2 Å². The molecule has 1 aromatic heterocycles. The van der Waals surface area contributed by atoms with Crippen LogP contribution in [0.15, 0.2) is 122 Å². The molecule has 8 nitrogen and oxygen atoms in total. The van der Waals surface area contributed by atoms with Crippen LogP contribution in [0.2, 0.25) is 0 Å². The molecule has 0 aliphatic carbocycles. The van der Waals surface area contributed by atoms with E-state index in [9.17, 15) is 14.4 Å². The zero-order valence-electron chi connectivity index (χ0n) is 25.6. The molecule has 8 heteroatoms. The number of nitrogens with two attached hydrogens (primary N) is 1. The van der Waals surface area contributed by atoms with Gasteiger partial charge >= 0.3 is 0 Å². The van der Waals surface area contributed by atoms with Crippen molar-refractivity contribution in [2.24, 2.45) is 5.73 Å². The van der Waals surface area contributed by atoms with Crippen LogP contribution in [0.5, 0.6) is 0 Å². The number of benzene rings is 4. The van der Waals surface area contributed by atoms with Gasteiger partial charge in [-0.15, -0.1) is 0 Å². The number of hydrogen-bond acceptors (Lipinski definition) is 5. The van der Waals surface area contributed by atoms with E-state index in [0.717, 1.165) is 38.6 Å². The van der Waals surface area contributed by atoms with Crippen molar-refractivity contribution in [1.29, 1.82) is 0 Å². The number of carbonyl (C=O) groups excluding carboxylic acids is 3. The van der Waals surface area contributed by atoms with Crippen molar-refractivity contribution >= 4 is 28.5 Å². The summed E-state index contributed by atoms with van der Waals surface area (Å²) < 4.78 is 0. The summed E-state index contributed by atoms with van der Waals surface area (Å²) in [6, 6.07) is 34.3. The van der Waals surface area contributed by atoms with Crippen LogP contribution in [0.4, 0.5) is 0 Å². The molecule has 2 heterocycles. The zero-order chi connectivity index (χ0) is 31.9. The van der Waals surface area contributed by atoms with Gasteiger partial charge in [0.1, 0.15) is 12.1 Å². The average Bonchev–Trinajstić information content (AvgIpc) is 3.09. The van der Waals surface area contributed by atoms with E-state index in [-0.39, 0.29) is 50.3 Å². The van der Waals surface area contributed by atoms with Crippen LogP contribution < -0.4 is 11.1 Å². The zero-order valence-corrected chi connectivity index (χ0v) is 25.6. The molecule has 46 heavy (non-hydrogen) atoms. The van der Waals surface area contributed by atoms with Gasteiger partial charge < -0.3 is 20.9 Å². The van der Waals surface area contributed by atoms with Crippen molar-refractivity contribution in [3.05, 3.63) is 138 Å². The average molecular weight is 612 g/mol. The fraction of sp³-hybridized carbons (Fsp3) is 0.211. The molecular formula is C38H37N5O3. The number of fused-ring (bicyclic) bond motifs is 1. The van der Waals surface area contributed by atoms with Crippen molar-refractivity contribution in [3.8, 4) is 11.1 Å². The Kier molecular flexibility index (Phi) is 9.45. The highest BCUT2D eigenvalue weighted by Gasteiger charge is 2.41. The summed E-state index contributed by atoms with van der Waals surface area (Å²) in [5.41, 5.74) is 10.6. The molecule has 3 amide bonds. The van der Waals surface area contributed by atoms with Crippen LogP contribution in [0.3, 0.4) is 0 Å². The molecule has 4 aromatic carbocycles. The minimum Gasteiger partial charge on any atom is -0.342 e. The Balaban J connectivity index is 1.29. The molecule has 0 unspecified atom stereocenters. The number of pyridine rings is 1. The second-order valence-electron chi connectivity index (χ2n) is 11.7. The Morgan fingerprint density at radius 2 is 1.46 bits per heavy atom. The summed E-state index contributed by atoms with van der Waals surface area (Å²) in [6.45, 7) is 0.740. The first-order chi connectivity index (χ1) is 22.5. The normalized spacial score (nSPS) is 16.3. The highest BCUT2D eigenvalue weighted by Crippen LogP contribution is 2.24. The lowest BCUT2D eigenvalue weighted by Gasteiger charge is -2.41. The maximum absolute atomic E-state index is 14.3. The lowest BCUT2D eigenvalue weighted by Crippen LogP contribution is -2.66. The minimum atomic E-state index is -0.877. The van der Waals surface area contributed by atoms with Crippen molar-refractivity contribution in [2.45, 2.75) is 38.0 Å². The van der Waals surface area contributed by atoms with Crippen LogP contribution in [0.25, 0.3) is 21.9 Å². The van der Waals surface area contributed by atoms with Crippen molar-refractivity contribution in [3.63, 3.8) is 0 Å². The second kappa shape index (κ2) is 14.2. The van der Waals surface area contributed by atoms with Gasteiger partial charge in [0.25, 0.3) is 0 Å². The highest BCUT2D eigenvalue weighted by atomic mass is 16.2. The van der Waals surface area contributed by atoms with Crippen LogP contribution >= 0.6 is 0 Å². The number of aromatic nitrogens is 1. The number of nitrogens with zero attached hydrogens (tertiary/aromatic N) is 3. The molecule has 6 rings (SSSR count). The smallest absolute Gasteiger partial charge is 0.246 e. The van der Waals surface area contributed by atoms with Crippen LogP contribution in [0, 0.1) is 0 Å². The number of rotatable bonds is 11. The molecule has 1 saturated heterocycles. The van der Waals surface area contributed by atoms with Crippen LogP contribution in [-0.2, 0) is 33.9 Å². The molecule has 0 saturated carbocycles. The number of hydrogen-bond donors (Lipinski definition) is 2. The molecule has 0 spiro atoms. The van der Waals surface area contributed by atoms with E-state index in [2.05, 4.69) is 28.5 Å². The van der Waals surface area contributed by atoms with E-state index >= 15 is 0 Å². The highest BCUT2D eigenvalue weighted by molar-refractivity contribution is 5.97. The molecule has 232 valence electrons. The predicted molar refractivity (Wildman–Crippen MR) is 179 cm³/mol. The van der Waals surface area contributed by atoms with Gasteiger partial charge in [0.15, 0.2) is 0 Å². The summed E-state index contributed by atoms with van der Waals surface area (Å²) in [6.07, 6.45) is 3.83. The first-order valence-electron chi connectivity index (χ1n) is 15.6. The van der Waals surface area contributed by atoms with Crippen LogP contribution in [0.1, 0.15) is 23.1 Å². The summed E-state index contributed by atoms with van der Waals surface area (Å²) in [4.78, 5) is 48.7. The van der Waals surface area contributed by atoms with E-state index in [0.29, 0.717) is 6.42 Å². The molecule has 1 aliphatic rings. The number of piperazine rings is 1. The van der Waals surface area contributed by atoms with Gasteiger partial charge in [-0.05, 0) is 50.7 Å². The molecule has 3 N–H and O–H groups in total. The summed E-state index contributed by atoms with van der Waals surface area (Å²) in [7, 11) is 0. The Bertz CT molecular complexity index is 1810. The molecule has 1 fully saturated rings. The largest absolute Gasteiger partial charge is 0.342 e. The lowest BCUT2D eigenvalue weighted by molar-refractivity contribution is -0.152. The van der Waals surface area contributed by atoms with Gasteiger partial charge in [-0.25, -0.2) is 0 Å². The molecule has 2 atom stereocenters. The number of carbonyl (C=O) groups is 3. The molecule has 5 aromatic rings. The van der Waals surface area contributed by atoms with E-state index in [1.807, 2.05) is 91.0 Å². The third-order valence-corrected chi connectivity index (χ3v) is 8.47. The standard InChI is InChI=1S/C38H37N5O3/c39-19-16-36(44)42(24-28-17-20-40-21-18-28)26-35-37(45)41-34(23-29-12-15-31-8-4-5-9-33(31)22-29)38(46)43(35)25-27-10-13-32(14-11-27)30-6-2-1-3-7-30/h1-15,17-18,20-22,34-35H,16,19,23-26,39H2,(H,41,45)/t34-,35-/m0/s1. The fourth-order valence-electron chi connectivity index (χ4n) is 6.02. The second-order valence-corrected chi connectivity index (χ2v) is 11.7. The first kappa shape index (κ1) is 30.7. The van der Waals surface area contributed by atoms with Crippen LogP contribution in [-0.4, -0.2) is 57.7 Å². The summed E-state index contributed by atoms with van der Waals surface area (Å²) in [5.74, 6) is -0.642. The lowest BCUT2D eigenvalue weighted by atomic mass is 9.97. The third-order valence-electron chi connectivity index (χ3n) is 8.47. The molecule has 1 aliphatic heterocycles. The monoisotopic (exact) mass is 611 g/mol. The SMILES string of the molecule is NCCC(=O)N(Cc1ccncc1)C[C@H]1C(=O)N[C@@H](Cc2ccc3ccccc3c2)C(=O)N1Cc1ccc(-c2ccccc2)cc1. The quantitative estimate of drug-likeness (QED) is 0.225. The molecule has 0 bridgehead atoms. The first-order valence-corrected chi connectivity index (χ1v) is 15.6. The van der Waals surface area contributed by atoms with Crippen molar-refractivity contribution in [2.75, 3.05) is 13.1 Å². The van der Waals surface area contributed by atoms with Crippen molar-refractivity contribution in [1.82, 2.24) is 20.1 Å². The number of amides is 3. The molecular weight excluding hydrogens is 574 g/mol. The van der Waals surface area contributed by atoms with Gasteiger partial charge in [0.05, 0.1) is 6.54 Å². The summed E-state index contributed by atoms with van der Waals surface area (Å²) in [5, 5.41) is 5.19. The van der Waals surface area contributed by atoms with E-state index in [1.165, 1.54) is 0 Å². The number of nitrogens with one attached hydrogen (secondary N) is 1. The van der Waals surface area contributed by atoms with Gasteiger partial charge in [-0.3, -0.25) is 19.4 Å². The van der Waals surface area contributed by atoms with Gasteiger partial charge in [0, 0.05) is 44.9 Å². The molecule has 0 radical (unpaired) electrons. The minimum absolute atomic E-state index is 0.0452. The van der Waals surface area contributed by atoms with E-state index < -0.39 is 12.1 Å². The van der Waals surface area contributed by atoms with Gasteiger partial charge in [0.2, 0.25) is 17.7 Å². The van der Waals surface area contributed by atoms with E-state index in [4.69, 9.17) is 5.73 Å². The topological polar surface area (TPSA) is 109 Å². The third kappa shape index (κ3) is 7.14. The Labute approximate surface area is 268 Å². The maximum atomic E-state index is 14.3. The van der Waals surface area contributed by atoms with Gasteiger partial charge in [-0.2, -0.15) is 0 Å². The van der Waals surface area contributed by atoms with Crippen molar-refractivity contribution < 1.29 is 14.4 Å². The Morgan fingerprint density at radius 3 is 2.20 bits per heavy atom.